The normalized spacial score (nSPS) is 15.7. The Morgan fingerprint density at radius 3 is 2.14 bits per heavy atom. The molecular weight excluding hydrogens is 659 g/mol. The second-order valence-corrected chi connectivity index (χ2v) is 17.0. The fraction of sp³-hybridized carbons (Fsp3) is 0.250. The number of hydrogen-bond acceptors (Lipinski definition) is 4. The summed E-state index contributed by atoms with van der Waals surface area (Å²) >= 11 is 3.36. The Balaban J connectivity index is 1.38. The Labute approximate surface area is 260 Å². The first-order valence-corrected chi connectivity index (χ1v) is 17.3. The van der Waals surface area contributed by atoms with E-state index < -0.39 is 41.6 Å². The molecule has 5 nitrogen and oxygen atoms in total. The fourth-order valence-electron chi connectivity index (χ4n) is 5.24. The molecule has 0 saturated carbocycles. The summed E-state index contributed by atoms with van der Waals surface area (Å²) in [5, 5.41) is 2.24. The Morgan fingerprint density at radius 2 is 1.53 bits per heavy atom. The van der Waals surface area contributed by atoms with Gasteiger partial charge in [-0.1, -0.05) is 107 Å². The molecule has 0 aromatic heterocycles. The number of anilines is 1. The second-order valence-electron chi connectivity index (χ2n) is 10.9. The zero-order valence-corrected chi connectivity index (χ0v) is 26.9. The van der Waals surface area contributed by atoms with Crippen molar-refractivity contribution in [3.63, 3.8) is 0 Å². The van der Waals surface area contributed by atoms with Gasteiger partial charge in [-0.15, -0.1) is 0 Å². The number of fused-ring (bicyclic) bond motifs is 1. The molecule has 225 valence electrons. The number of ether oxygens (including phenoxy) is 2. The fourth-order valence-corrected chi connectivity index (χ4v) is 10.3. The summed E-state index contributed by atoms with van der Waals surface area (Å²) in [6, 6.07) is 29.4. The van der Waals surface area contributed by atoms with Gasteiger partial charge in [0.15, 0.2) is 0 Å². The smallest absolute Gasteiger partial charge is 0.416 e. The monoisotopic (exact) mass is 688 g/mol. The van der Waals surface area contributed by atoms with Gasteiger partial charge in [0.25, 0.3) is 10.0 Å². The number of benzene rings is 4. The van der Waals surface area contributed by atoms with Crippen molar-refractivity contribution in [2.24, 2.45) is 0 Å². The second kappa shape index (κ2) is 12.5. The van der Waals surface area contributed by atoms with Gasteiger partial charge in [-0.05, 0) is 41.4 Å². The van der Waals surface area contributed by atoms with Crippen molar-refractivity contribution >= 4 is 50.8 Å². The van der Waals surface area contributed by atoms with E-state index in [1.807, 2.05) is 36.4 Å². The maximum absolute atomic E-state index is 13.8. The lowest BCUT2D eigenvalue weighted by molar-refractivity contribution is -0.137. The minimum absolute atomic E-state index is 0.0896. The van der Waals surface area contributed by atoms with Crippen LogP contribution in [0.3, 0.4) is 0 Å². The molecule has 0 aliphatic carbocycles. The number of rotatable bonds is 9. The van der Waals surface area contributed by atoms with Gasteiger partial charge in [0, 0.05) is 11.1 Å². The standard InChI is InChI=1S/C32H30BrF3NO4SSi/c1-31(2,43(27-12-5-3-6-13-27)28-14-7-4-8-15-28)22-40-21-25-20-37(29-19-24(33)16-17-30(29)41-25)42(38,39)26-11-9-10-23(18-26)32(34,35)36/h3-19,25H,20-22H2,1-2H3/t25-/m1/s1. The molecule has 4 aromatic carbocycles. The SMILES string of the molecule is CC(C)(COC[C@H]1CN(S(=O)(=O)c2cccc(C(F)(F)F)c2)c2cc(Br)ccc2O1)[Si](c1ccccc1)c1ccccc1. The molecule has 1 atom stereocenters. The van der Waals surface area contributed by atoms with Crippen molar-refractivity contribution in [3.05, 3.63) is 113 Å². The maximum Gasteiger partial charge on any atom is 0.416 e. The average molecular weight is 690 g/mol. The molecule has 5 rings (SSSR count). The molecule has 0 N–H and O–H groups in total. The van der Waals surface area contributed by atoms with E-state index in [9.17, 15) is 21.6 Å². The first-order valence-electron chi connectivity index (χ1n) is 13.6. The minimum Gasteiger partial charge on any atom is -0.484 e. The quantitative estimate of drug-likeness (QED) is 0.188. The highest BCUT2D eigenvalue weighted by molar-refractivity contribution is 9.10. The molecule has 1 aliphatic heterocycles. The summed E-state index contributed by atoms with van der Waals surface area (Å²) < 4.78 is 81.9. The van der Waals surface area contributed by atoms with Crippen LogP contribution >= 0.6 is 15.9 Å². The maximum atomic E-state index is 13.8. The number of halogens is 4. The molecule has 1 aliphatic rings. The number of alkyl halides is 3. The van der Waals surface area contributed by atoms with Gasteiger partial charge >= 0.3 is 6.18 Å². The summed E-state index contributed by atoms with van der Waals surface area (Å²) in [6.45, 7) is 4.68. The van der Waals surface area contributed by atoms with Crippen molar-refractivity contribution in [2.75, 3.05) is 24.1 Å². The molecule has 0 fully saturated rings. The van der Waals surface area contributed by atoms with Crippen LogP contribution in [0.25, 0.3) is 0 Å². The lowest BCUT2D eigenvalue weighted by Crippen LogP contribution is -2.52. The van der Waals surface area contributed by atoms with E-state index in [0.29, 0.717) is 22.9 Å². The van der Waals surface area contributed by atoms with Crippen LogP contribution < -0.4 is 19.4 Å². The average Bonchev–Trinajstić information content (AvgIpc) is 2.97. The van der Waals surface area contributed by atoms with Crippen LogP contribution in [0.15, 0.2) is 112 Å². The van der Waals surface area contributed by atoms with E-state index in [0.717, 1.165) is 16.4 Å². The summed E-state index contributed by atoms with van der Waals surface area (Å²) in [5.41, 5.74) is -0.796. The molecule has 0 spiro atoms. The predicted molar refractivity (Wildman–Crippen MR) is 167 cm³/mol. The van der Waals surface area contributed by atoms with Crippen LogP contribution in [-0.2, 0) is 20.9 Å². The highest BCUT2D eigenvalue weighted by atomic mass is 79.9. The highest BCUT2D eigenvalue weighted by Gasteiger charge is 2.38. The zero-order chi connectivity index (χ0) is 30.8. The Morgan fingerprint density at radius 1 is 0.907 bits per heavy atom. The van der Waals surface area contributed by atoms with Crippen molar-refractivity contribution in [1.29, 1.82) is 0 Å². The highest BCUT2D eigenvalue weighted by Crippen LogP contribution is 2.40. The van der Waals surface area contributed by atoms with Gasteiger partial charge in [0.2, 0.25) is 0 Å². The molecule has 1 heterocycles. The van der Waals surface area contributed by atoms with E-state index in [2.05, 4.69) is 54.0 Å². The van der Waals surface area contributed by atoms with Crippen LogP contribution in [-0.4, -0.2) is 43.1 Å². The molecule has 11 heteroatoms. The van der Waals surface area contributed by atoms with Gasteiger partial charge in [0.1, 0.15) is 20.7 Å². The van der Waals surface area contributed by atoms with Crippen molar-refractivity contribution in [3.8, 4) is 5.75 Å². The lowest BCUT2D eigenvalue weighted by Gasteiger charge is -2.37. The molecule has 43 heavy (non-hydrogen) atoms. The Hall–Kier alpha value is -3.12. The number of hydrogen-bond donors (Lipinski definition) is 0. The first kappa shape index (κ1) is 31.3. The molecule has 1 radical (unpaired) electrons. The summed E-state index contributed by atoms with van der Waals surface area (Å²) in [7, 11) is -5.65. The topological polar surface area (TPSA) is 55.8 Å². The Bertz CT molecular complexity index is 1630. The van der Waals surface area contributed by atoms with Crippen LogP contribution in [0.1, 0.15) is 19.4 Å². The minimum atomic E-state index is -4.68. The van der Waals surface area contributed by atoms with E-state index in [1.54, 1.807) is 18.2 Å². The molecule has 0 saturated heterocycles. The van der Waals surface area contributed by atoms with Gasteiger partial charge in [-0.2, -0.15) is 13.2 Å². The molecule has 0 bridgehead atoms. The number of nitrogens with zero attached hydrogens (tertiary/aromatic N) is 1. The van der Waals surface area contributed by atoms with Crippen LogP contribution in [0.2, 0.25) is 5.04 Å². The third-order valence-electron chi connectivity index (χ3n) is 7.17. The van der Waals surface area contributed by atoms with Crippen LogP contribution in [0, 0.1) is 0 Å². The van der Waals surface area contributed by atoms with Gasteiger partial charge < -0.3 is 9.47 Å². The van der Waals surface area contributed by atoms with Crippen molar-refractivity contribution < 1.29 is 31.1 Å². The summed E-state index contributed by atoms with van der Waals surface area (Å²) in [6.07, 6.45) is -5.37. The molecule has 0 unspecified atom stereocenters. The van der Waals surface area contributed by atoms with E-state index in [4.69, 9.17) is 9.47 Å². The Kier molecular flexibility index (Phi) is 9.08. The first-order chi connectivity index (χ1) is 20.4. The van der Waals surface area contributed by atoms with Gasteiger partial charge in [-0.25, -0.2) is 8.42 Å². The zero-order valence-electron chi connectivity index (χ0n) is 23.5. The van der Waals surface area contributed by atoms with E-state index in [1.165, 1.54) is 16.4 Å². The van der Waals surface area contributed by atoms with Gasteiger partial charge in [-0.3, -0.25) is 4.31 Å². The summed E-state index contributed by atoms with van der Waals surface area (Å²) in [5.74, 6) is 0.302. The molecule has 0 amide bonds. The van der Waals surface area contributed by atoms with E-state index >= 15 is 0 Å². The predicted octanol–water partition coefficient (Wildman–Crippen LogP) is 6.53. The third-order valence-corrected chi connectivity index (χ3v) is 12.8. The molecule has 4 aromatic rings. The van der Waals surface area contributed by atoms with Crippen LogP contribution in [0.5, 0.6) is 5.75 Å². The van der Waals surface area contributed by atoms with Crippen molar-refractivity contribution in [2.45, 2.75) is 36.1 Å². The lowest BCUT2D eigenvalue weighted by atomic mass is 10.2. The van der Waals surface area contributed by atoms with Gasteiger partial charge in [0.05, 0.1) is 29.3 Å². The number of sulfonamides is 1. The largest absolute Gasteiger partial charge is 0.484 e. The van der Waals surface area contributed by atoms with Crippen molar-refractivity contribution in [1.82, 2.24) is 0 Å². The third kappa shape index (κ3) is 7.00. The van der Waals surface area contributed by atoms with E-state index in [-0.39, 0.29) is 23.9 Å². The molecular formula is C32H30BrF3NO4SSi. The summed E-state index contributed by atoms with van der Waals surface area (Å²) in [4.78, 5) is -0.450. The van der Waals surface area contributed by atoms with Crippen LogP contribution in [0.4, 0.5) is 18.9 Å².